The lowest BCUT2D eigenvalue weighted by atomic mass is 10.0. The summed E-state index contributed by atoms with van der Waals surface area (Å²) in [5.74, 6) is -0.415. The molecule has 4 aromatic carbocycles. The first-order chi connectivity index (χ1) is 20.3. The largest absolute Gasteiger partial charge is 0.493 e. The lowest BCUT2D eigenvalue weighted by Crippen LogP contribution is -2.13. The van der Waals surface area contributed by atoms with Crippen LogP contribution < -0.4 is 19.5 Å². The van der Waals surface area contributed by atoms with Crippen LogP contribution in [0.3, 0.4) is 0 Å². The van der Waals surface area contributed by atoms with Gasteiger partial charge in [0.25, 0.3) is 5.91 Å². The number of hydrogen-bond donors (Lipinski definition) is 1. The molecule has 0 spiro atoms. The number of carbonyl (C=O) groups excluding carboxylic acids is 2. The molecule has 0 saturated heterocycles. The number of methoxy groups -OCH3 is 2. The van der Waals surface area contributed by atoms with E-state index in [1.807, 2.05) is 37.3 Å². The Labute approximate surface area is 242 Å². The first-order valence-electron chi connectivity index (χ1n) is 13.1. The minimum atomic E-state index is -0.610. The van der Waals surface area contributed by atoms with Gasteiger partial charge in [0, 0.05) is 18.2 Å². The van der Waals surface area contributed by atoms with Crippen molar-refractivity contribution >= 4 is 17.6 Å². The Kier molecular flexibility index (Phi) is 8.01. The fourth-order valence-electron chi connectivity index (χ4n) is 4.58. The molecule has 0 fully saturated rings. The molecule has 0 atom stereocenters. The van der Waals surface area contributed by atoms with Gasteiger partial charge in [0.1, 0.15) is 11.5 Å². The van der Waals surface area contributed by atoms with E-state index in [2.05, 4.69) is 5.32 Å². The summed E-state index contributed by atoms with van der Waals surface area (Å²) in [4.78, 5) is 25.0. The fourth-order valence-corrected chi connectivity index (χ4v) is 4.58. The molecule has 0 aliphatic carbocycles. The summed E-state index contributed by atoms with van der Waals surface area (Å²) in [6.07, 6.45) is 0. The average Bonchev–Trinajstić information content (AvgIpc) is 3.35. The highest BCUT2D eigenvalue weighted by molar-refractivity contribution is 6.04. The topological polar surface area (TPSA) is 91.7 Å². The molecule has 0 aliphatic rings. The Morgan fingerprint density at radius 3 is 2.21 bits per heavy atom. The second-order valence-corrected chi connectivity index (χ2v) is 9.45. The zero-order valence-electron chi connectivity index (χ0n) is 23.5. The van der Waals surface area contributed by atoms with Crippen molar-refractivity contribution in [2.75, 3.05) is 19.5 Å². The van der Waals surface area contributed by atoms with Crippen molar-refractivity contribution in [2.45, 2.75) is 13.8 Å². The van der Waals surface area contributed by atoms with Crippen LogP contribution in [0, 0.1) is 12.7 Å². The van der Waals surface area contributed by atoms with E-state index in [4.69, 9.17) is 19.3 Å². The third kappa shape index (κ3) is 5.71. The van der Waals surface area contributed by atoms with Gasteiger partial charge in [0.2, 0.25) is 5.88 Å². The minimum Gasteiger partial charge on any atom is -0.493 e. The second-order valence-electron chi connectivity index (χ2n) is 9.45. The number of carbonyl (C=O) groups is 2. The van der Waals surface area contributed by atoms with Crippen molar-refractivity contribution < 1.29 is 28.2 Å². The maximum absolute atomic E-state index is 14.1. The number of ether oxygens (including phenoxy) is 3. The van der Waals surface area contributed by atoms with Crippen LogP contribution in [-0.4, -0.2) is 35.9 Å². The number of aryl methyl sites for hydroxylation is 1. The molecular formula is C33H28FN3O5. The van der Waals surface area contributed by atoms with Gasteiger partial charge in [0.05, 0.1) is 31.0 Å². The molecule has 9 heteroatoms. The maximum Gasteiger partial charge on any atom is 0.309 e. The van der Waals surface area contributed by atoms with E-state index in [0.717, 1.165) is 5.56 Å². The molecule has 212 valence electrons. The minimum absolute atomic E-state index is 0.0612. The fraction of sp³-hybridized carbons (Fsp3) is 0.121. The smallest absolute Gasteiger partial charge is 0.309 e. The number of halogens is 1. The molecule has 0 aliphatic heterocycles. The van der Waals surface area contributed by atoms with E-state index in [1.165, 1.54) is 25.1 Å². The second kappa shape index (κ2) is 12.0. The van der Waals surface area contributed by atoms with Crippen molar-refractivity contribution in [1.29, 1.82) is 0 Å². The molecular weight excluding hydrogens is 537 g/mol. The third-order valence-electron chi connectivity index (χ3n) is 6.54. The van der Waals surface area contributed by atoms with Gasteiger partial charge in [-0.3, -0.25) is 9.59 Å². The summed E-state index contributed by atoms with van der Waals surface area (Å²) in [6, 6.07) is 25.8. The molecule has 5 rings (SSSR count). The van der Waals surface area contributed by atoms with E-state index in [-0.39, 0.29) is 11.4 Å². The Balaban J connectivity index is 1.65. The van der Waals surface area contributed by atoms with E-state index in [1.54, 1.807) is 61.4 Å². The Bertz CT molecular complexity index is 1780. The molecule has 42 heavy (non-hydrogen) atoms. The van der Waals surface area contributed by atoms with Crippen LogP contribution in [0.5, 0.6) is 17.4 Å². The normalized spacial score (nSPS) is 10.7. The number of nitrogens with zero attached hydrogens (tertiary/aromatic N) is 2. The van der Waals surface area contributed by atoms with Crippen LogP contribution in [0.1, 0.15) is 22.8 Å². The summed E-state index contributed by atoms with van der Waals surface area (Å²) in [7, 11) is 3.10. The lowest BCUT2D eigenvalue weighted by Gasteiger charge is -2.12. The monoisotopic (exact) mass is 565 g/mol. The summed E-state index contributed by atoms with van der Waals surface area (Å²) in [5.41, 5.74) is 4.53. The lowest BCUT2D eigenvalue weighted by molar-refractivity contribution is -0.132. The predicted octanol–water partition coefficient (Wildman–Crippen LogP) is 6.85. The van der Waals surface area contributed by atoms with Crippen LogP contribution in [-0.2, 0) is 4.79 Å². The van der Waals surface area contributed by atoms with Crippen LogP contribution >= 0.6 is 0 Å². The van der Waals surface area contributed by atoms with Crippen LogP contribution in [0.4, 0.5) is 10.1 Å². The first-order valence-corrected chi connectivity index (χ1v) is 13.1. The van der Waals surface area contributed by atoms with Gasteiger partial charge in [-0.1, -0.05) is 36.4 Å². The van der Waals surface area contributed by atoms with Gasteiger partial charge in [-0.25, -0.2) is 4.39 Å². The van der Waals surface area contributed by atoms with Gasteiger partial charge in [-0.05, 0) is 72.6 Å². The number of nitrogens with one attached hydrogen (secondary N) is 1. The maximum atomic E-state index is 14.1. The highest BCUT2D eigenvalue weighted by Crippen LogP contribution is 2.43. The molecule has 1 aromatic heterocycles. The Morgan fingerprint density at radius 2 is 1.55 bits per heavy atom. The zero-order valence-corrected chi connectivity index (χ0v) is 23.5. The predicted molar refractivity (Wildman–Crippen MR) is 158 cm³/mol. The van der Waals surface area contributed by atoms with E-state index in [0.29, 0.717) is 45.3 Å². The van der Waals surface area contributed by atoms with Crippen molar-refractivity contribution in [3.63, 3.8) is 0 Å². The van der Waals surface area contributed by atoms with Gasteiger partial charge >= 0.3 is 5.97 Å². The van der Waals surface area contributed by atoms with Crippen molar-refractivity contribution in [1.82, 2.24) is 9.78 Å². The van der Waals surface area contributed by atoms with Crippen LogP contribution in [0.2, 0.25) is 0 Å². The standard InChI is InChI=1S/C33H28FN3O5/c1-20-8-7-9-25(18-20)37-33(42-21(2)38)30(31(36-37)23-14-17-28(40-3)29(19-23)41-4)22-12-15-24(16-13-22)35-32(39)26-10-5-6-11-27(26)34/h5-19H,1-4H3,(H,35,39). The quantitative estimate of drug-likeness (QED) is 0.207. The molecule has 1 N–H and O–H groups in total. The Hall–Kier alpha value is -5.44. The number of benzene rings is 4. The first kappa shape index (κ1) is 28.1. The Morgan fingerprint density at radius 1 is 0.833 bits per heavy atom. The summed E-state index contributed by atoms with van der Waals surface area (Å²) in [6.45, 7) is 3.29. The van der Waals surface area contributed by atoms with Crippen molar-refractivity contribution in [3.8, 4) is 45.5 Å². The molecule has 1 heterocycles. The van der Waals surface area contributed by atoms with E-state index < -0.39 is 17.7 Å². The third-order valence-corrected chi connectivity index (χ3v) is 6.54. The molecule has 0 saturated carbocycles. The highest BCUT2D eigenvalue weighted by Gasteiger charge is 2.25. The van der Waals surface area contributed by atoms with Gasteiger partial charge < -0.3 is 19.5 Å². The molecule has 0 bridgehead atoms. The van der Waals surface area contributed by atoms with Crippen molar-refractivity contribution in [2.24, 2.45) is 0 Å². The molecule has 1 amide bonds. The van der Waals surface area contributed by atoms with Gasteiger partial charge in [-0.2, -0.15) is 9.78 Å². The van der Waals surface area contributed by atoms with E-state index >= 15 is 0 Å². The summed E-state index contributed by atoms with van der Waals surface area (Å²) < 4.78 is 32.4. The number of hydrogen-bond acceptors (Lipinski definition) is 6. The van der Waals surface area contributed by atoms with E-state index in [9.17, 15) is 14.0 Å². The summed E-state index contributed by atoms with van der Waals surface area (Å²) in [5, 5.41) is 7.62. The number of amides is 1. The van der Waals surface area contributed by atoms with Crippen LogP contribution in [0.15, 0.2) is 91.0 Å². The number of rotatable bonds is 8. The highest BCUT2D eigenvalue weighted by atomic mass is 19.1. The molecule has 0 unspecified atom stereocenters. The van der Waals surface area contributed by atoms with Crippen LogP contribution in [0.25, 0.3) is 28.1 Å². The van der Waals surface area contributed by atoms with Crippen molar-refractivity contribution in [3.05, 3.63) is 108 Å². The average molecular weight is 566 g/mol. The van der Waals surface area contributed by atoms with Gasteiger partial charge in [-0.15, -0.1) is 0 Å². The SMILES string of the molecule is COc1ccc(-c2nn(-c3cccc(C)c3)c(OC(C)=O)c2-c2ccc(NC(=O)c3ccccc3F)cc2)cc1OC. The van der Waals surface area contributed by atoms with Gasteiger partial charge in [0.15, 0.2) is 11.5 Å². The molecule has 8 nitrogen and oxygen atoms in total. The molecule has 0 radical (unpaired) electrons. The zero-order chi connectivity index (χ0) is 29.8. The molecule has 5 aromatic rings. The number of esters is 1. The number of anilines is 1. The summed E-state index contributed by atoms with van der Waals surface area (Å²) >= 11 is 0. The number of aromatic nitrogens is 2.